The van der Waals surface area contributed by atoms with Crippen molar-refractivity contribution in [1.29, 1.82) is 0 Å². The zero-order chi connectivity index (χ0) is 17.3. The smallest absolute Gasteiger partial charge is 0.0234 e. The summed E-state index contributed by atoms with van der Waals surface area (Å²) in [6, 6.07) is 18.0. The average molecular weight is 338 g/mol. The van der Waals surface area contributed by atoms with Gasteiger partial charge in [-0.15, -0.1) is 0 Å². The van der Waals surface area contributed by atoms with E-state index in [0.717, 1.165) is 58.7 Å². The second kappa shape index (κ2) is 9.71. The van der Waals surface area contributed by atoms with Gasteiger partial charge in [-0.05, 0) is 49.5 Å². The zero-order valence-electron chi connectivity index (χ0n) is 15.4. The molecule has 0 spiro atoms. The van der Waals surface area contributed by atoms with Crippen molar-refractivity contribution in [2.24, 2.45) is 0 Å². The number of rotatable bonds is 2. The molecular weight excluding hydrogens is 306 g/mol. The summed E-state index contributed by atoms with van der Waals surface area (Å²) < 4.78 is 0. The summed E-state index contributed by atoms with van der Waals surface area (Å²) >= 11 is 0. The number of nitrogens with zero attached hydrogens (tertiary/aromatic N) is 1. The van der Waals surface area contributed by atoms with Crippen LogP contribution in [0, 0.1) is 6.92 Å². The minimum atomic E-state index is 1.03. The Labute approximate surface area is 152 Å². The van der Waals surface area contributed by atoms with Crippen LogP contribution in [-0.2, 0) is 19.4 Å². The molecule has 0 atom stereocenters. The van der Waals surface area contributed by atoms with Crippen LogP contribution < -0.4 is 10.6 Å². The van der Waals surface area contributed by atoms with Crippen molar-refractivity contribution in [2.45, 2.75) is 26.3 Å². The van der Waals surface area contributed by atoms with E-state index in [0.29, 0.717) is 0 Å². The van der Waals surface area contributed by atoms with E-state index in [1.54, 1.807) is 0 Å². The molecule has 0 aromatic heterocycles. The van der Waals surface area contributed by atoms with E-state index in [1.165, 1.54) is 22.3 Å². The van der Waals surface area contributed by atoms with Gasteiger partial charge in [0.2, 0.25) is 0 Å². The molecule has 0 fully saturated rings. The Bertz CT molecular complexity index is 607. The van der Waals surface area contributed by atoms with Crippen LogP contribution in [0.5, 0.6) is 0 Å². The van der Waals surface area contributed by atoms with Gasteiger partial charge in [-0.2, -0.15) is 0 Å². The van der Waals surface area contributed by atoms with Crippen molar-refractivity contribution in [3.8, 4) is 0 Å². The molecule has 1 aliphatic rings. The predicted molar refractivity (Wildman–Crippen MR) is 106 cm³/mol. The molecular formula is C22H31N3. The molecule has 0 saturated carbocycles. The molecule has 1 aliphatic heterocycles. The van der Waals surface area contributed by atoms with Gasteiger partial charge in [0, 0.05) is 32.7 Å². The van der Waals surface area contributed by atoms with Crippen molar-refractivity contribution in [3.05, 3.63) is 70.8 Å². The Morgan fingerprint density at radius 2 is 1.40 bits per heavy atom. The third kappa shape index (κ3) is 6.28. The van der Waals surface area contributed by atoms with Crippen molar-refractivity contribution in [1.82, 2.24) is 15.5 Å². The number of hydrogen-bond acceptors (Lipinski definition) is 3. The van der Waals surface area contributed by atoms with Gasteiger partial charge in [0.15, 0.2) is 0 Å². The fourth-order valence-corrected chi connectivity index (χ4v) is 3.35. The first kappa shape index (κ1) is 18.1. The number of hydrogen-bond donors (Lipinski definition) is 2. The van der Waals surface area contributed by atoms with Crippen LogP contribution in [0.1, 0.15) is 22.3 Å². The molecule has 3 rings (SSSR count). The molecule has 25 heavy (non-hydrogen) atoms. The Kier molecular flexibility index (Phi) is 7.04. The number of nitrogens with one attached hydrogen (secondary N) is 2. The molecule has 2 aromatic carbocycles. The van der Waals surface area contributed by atoms with Crippen molar-refractivity contribution in [2.75, 3.05) is 39.3 Å². The maximum absolute atomic E-state index is 3.61. The van der Waals surface area contributed by atoms with Crippen LogP contribution in [0.25, 0.3) is 0 Å². The third-order valence-corrected chi connectivity index (χ3v) is 4.91. The molecule has 3 heteroatoms. The van der Waals surface area contributed by atoms with Crippen LogP contribution in [0.3, 0.4) is 0 Å². The van der Waals surface area contributed by atoms with Gasteiger partial charge < -0.3 is 10.6 Å². The van der Waals surface area contributed by atoms with Crippen molar-refractivity contribution < 1.29 is 0 Å². The average Bonchev–Trinajstić information content (AvgIpc) is 2.62. The van der Waals surface area contributed by atoms with Gasteiger partial charge in [-0.3, -0.25) is 4.90 Å². The Morgan fingerprint density at radius 3 is 2.00 bits per heavy atom. The first-order chi connectivity index (χ1) is 12.3. The molecule has 134 valence electrons. The Balaban J connectivity index is 1.56. The van der Waals surface area contributed by atoms with E-state index >= 15 is 0 Å². The number of aryl methyl sites for hydroxylation is 1. The minimum Gasteiger partial charge on any atom is -0.315 e. The lowest BCUT2D eigenvalue weighted by molar-refractivity contribution is 0.265. The topological polar surface area (TPSA) is 27.3 Å². The minimum absolute atomic E-state index is 1.03. The summed E-state index contributed by atoms with van der Waals surface area (Å²) in [4.78, 5) is 2.55. The van der Waals surface area contributed by atoms with E-state index in [4.69, 9.17) is 0 Å². The molecule has 1 heterocycles. The molecule has 0 radical (unpaired) electrons. The normalized spacial score (nSPS) is 17.8. The molecule has 2 N–H and O–H groups in total. The van der Waals surface area contributed by atoms with Crippen LogP contribution in [0.15, 0.2) is 48.5 Å². The van der Waals surface area contributed by atoms with Crippen LogP contribution >= 0.6 is 0 Å². The van der Waals surface area contributed by atoms with Crippen LogP contribution in [0.2, 0.25) is 0 Å². The quantitative estimate of drug-likeness (QED) is 0.882. The first-order valence-electron chi connectivity index (χ1n) is 9.57. The lowest BCUT2D eigenvalue weighted by Gasteiger charge is -2.23. The Morgan fingerprint density at radius 1 is 0.800 bits per heavy atom. The number of benzene rings is 2. The summed E-state index contributed by atoms with van der Waals surface area (Å²) in [5.74, 6) is 0. The predicted octanol–water partition coefficient (Wildman–Crippen LogP) is 2.78. The van der Waals surface area contributed by atoms with Crippen molar-refractivity contribution in [3.63, 3.8) is 0 Å². The Hall–Kier alpha value is -1.68. The van der Waals surface area contributed by atoms with Gasteiger partial charge >= 0.3 is 0 Å². The van der Waals surface area contributed by atoms with Gasteiger partial charge in [0.05, 0.1) is 0 Å². The van der Waals surface area contributed by atoms with E-state index in [1.807, 2.05) is 0 Å². The maximum Gasteiger partial charge on any atom is 0.0234 e. The highest BCUT2D eigenvalue weighted by atomic mass is 15.1. The highest BCUT2D eigenvalue weighted by Gasteiger charge is 2.07. The summed E-state index contributed by atoms with van der Waals surface area (Å²) in [7, 11) is 0. The van der Waals surface area contributed by atoms with Gasteiger partial charge in [-0.1, -0.05) is 54.1 Å². The van der Waals surface area contributed by atoms with Gasteiger partial charge in [-0.25, -0.2) is 0 Å². The van der Waals surface area contributed by atoms with Gasteiger partial charge in [0.1, 0.15) is 0 Å². The first-order valence-corrected chi connectivity index (χ1v) is 9.57. The standard InChI is InChI=1S/C22H31N3/c1-19-5-7-22(8-6-19)18-25-15-13-23-11-9-20-3-2-4-21(17-20)10-12-24-14-16-25/h2-8,17,23-24H,9-16,18H2,1H3. The number of fused-ring (bicyclic) bond motifs is 2. The highest BCUT2D eigenvalue weighted by molar-refractivity contribution is 5.24. The fourth-order valence-electron chi connectivity index (χ4n) is 3.35. The van der Waals surface area contributed by atoms with Crippen molar-refractivity contribution >= 4 is 0 Å². The zero-order valence-corrected chi connectivity index (χ0v) is 15.4. The second-order valence-corrected chi connectivity index (χ2v) is 7.08. The SMILES string of the molecule is Cc1ccc(CN2CCNCCc3cccc(c3)CCNCC2)cc1. The lowest BCUT2D eigenvalue weighted by Crippen LogP contribution is -2.37. The summed E-state index contributed by atoms with van der Waals surface area (Å²) in [5.41, 5.74) is 5.62. The fraction of sp³-hybridized carbons (Fsp3) is 0.455. The van der Waals surface area contributed by atoms with Crippen LogP contribution in [-0.4, -0.2) is 44.2 Å². The van der Waals surface area contributed by atoms with E-state index < -0.39 is 0 Å². The molecule has 2 bridgehead atoms. The third-order valence-electron chi connectivity index (χ3n) is 4.91. The highest BCUT2D eigenvalue weighted by Crippen LogP contribution is 2.08. The van der Waals surface area contributed by atoms with E-state index in [-0.39, 0.29) is 0 Å². The summed E-state index contributed by atoms with van der Waals surface area (Å²) in [6.07, 6.45) is 2.22. The van der Waals surface area contributed by atoms with Crippen LogP contribution in [0.4, 0.5) is 0 Å². The molecule has 2 aromatic rings. The monoisotopic (exact) mass is 337 g/mol. The molecule has 0 aliphatic carbocycles. The van der Waals surface area contributed by atoms with Gasteiger partial charge in [0.25, 0.3) is 0 Å². The molecule has 0 unspecified atom stereocenters. The second-order valence-electron chi connectivity index (χ2n) is 7.08. The molecule has 0 amide bonds. The largest absolute Gasteiger partial charge is 0.315 e. The molecule has 3 nitrogen and oxygen atoms in total. The lowest BCUT2D eigenvalue weighted by atomic mass is 10.1. The molecule has 0 saturated heterocycles. The summed E-state index contributed by atoms with van der Waals surface area (Å²) in [5, 5.41) is 7.22. The maximum atomic E-state index is 3.61. The van der Waals surface area contributed by atoms with E-state index in [9.17, 15) is 0 Å². The summed E-state index contributed by atoms with van der Waals surface area (Å²) in [6.45, 7) is 9.57. The van der Waals surface area contributed by atoms with E-state index in [2.05, 4.69) is 71.0 Å².